The van der Waals surface area contributed by atoms with E-state index >= 15 is 0 Å². The van der Waals surface area contributed by atoms with Gasteiger partial charge in [-0.3, -0.25) is 19.7 Å². The highest BCUT2D eigenvalue weighted by Gasteiger charge is 2.20. The van der Waals surface area contributed by atoms with E-state index in [0.717, 1.165) is 10.7 Å². The molecular formula is C21H18F2N4O6. The molecule has 2 aromatic carbocycles. The summed E-state index contributed by atoms with van der Waals surface area (Å²) in [5, 5.41) is 17.9. The van der Waals surface area contributed by atoms with Crippen molar-refractivity contribution in [2.45, 2.75) is 20.1 Å². The first-order valence-electron chi connectivity index (χ1n) is 9.46. The van der Waals surface area contributed by atoms with Crippen LogP contribution in [-0.4, -0.2) is 34.3 Å². The van der Waals surface area contributed by atoms with Crippen LogP contribution in [0.15, 0.2) is 53.3 Å². The molecule has 172 valence electrons. The van der Waals surface area contributed by atoms with E-state index in [4.69, 9.17) is 4.74 Å². The van der Waals surface area contributed by atoms with Crippen LogP contribution in [0.4, 0.5) is 14.5 Å². The van der Waals surface area contributed by atoms with Crippen molar-refractivity contribution in [2.24, 2.45) is 0 Å². The molecule has 1 aromatic heterocycles. The quantitative estimate of drug-likeness (QED) is 0.405. The molecule has 0 radical (unpaired) electrons. The summed E-state index contributed by atoms with van der Waals surface area (Å²) in [7, 11) is 1.28. The van der Waals surface area contributed by atoms with E-state index in [9.17, 15) is 28.5 Å². The van der Waals surface area contributed by atoms with Gasteiger partial charge in [0.25, 0.3) is 11.6 Å². The normalized spacial score (nSPS) is 10.7. The van der Waals surface area contributed by atoms with Gasteiger partial charge < -0.3 is 14.8 Å². The zero-order valence-electron chi connectivity index (χ0n) is 17.5. The van der Waals surface area contributed by atoms with Gasteiger partial charge in [0.1, 0.15) is 5.69 Å². The van der Waals surface area contributed by atoms with E-state index in [2.05, 4.69) is 15.2 Å². The number of ether oxygens (including phenoxy) is 2. The van der Waals surface area contributed by atoms with Crippen molar-refractivity contribution in [1.29, 1.82) is 0 Å². The third kappa shape index (κ3) is 5.29. The number of amides is 1. The van der Waals surface area contributed by atoms with Gasteiger partial charge in [0, 0.05) is 24.4 Å². The summed E-state index contributed by atoms with van der Waals surface area (Å²) >= 11 is 0. The molecule has 0 aliphatic rings. The van der Waals surface area contributed by atoms with Crippen LogP contribution >= 0.6 is 0 Å². The summed E-state index contributed by atoms with van der Waals surface area (Å²) in [5.41, 5.74) is -0.519. The highest BCUT2D eigenvalue weighted by molar-refractivity contribution is 5.92. The summed E-state index contributed by atoms with van der Waals surface area (Å²) in [6.45, 7) is -1.58. The molecule has 0 aliphatic heterocycles. The predicted molar refractivity (Wildman–Crippen MR) is 112 cm³/mol. The molecule has 1 heterocycles. The fraction of sp³-hybridized carbons (Fsp3) is 0.190. The summed E-state index contributed by atoms with van der Waals surface area (Å²) in [5.74, 6) is -0.955. The van der Waals surface area contributed by atoms with Crippen LogP contribution in [0.3, 0.4) is 0 Å². The number of nitro groups is 1. The van der Waals surface area contributed by atoms with Gasteiger partial charge in [0.2, 0.25) is 5.43 Å². The second-order valence-electron chi connectivity index (χ2n) is 6.70. The average Bonchev–Trinajstić information content (AvgIpc) is 2.78. The maximum atomic E-state index is 12.6. The monoisotopic (exact) mass is 460 g/mol. The highest BCUT2D eigenvalue weighted by Crippen LogP contribution is 2.29. The lowest BCUT2D eigenvalue weighted by Gasteiger charge is -2.13. The second-order valence-corrected chi connectivity index (χ2v) is 6.70. The SMILES string of the molecule is COc1cc(CNC(=O)c2nn(-c3ccccc3[N+](=O)[O-])c(C)cc2=O)ccc1OC(F)F. The van der Waals surface area contributed by atoms with Gasteiger partial charge in [0.05, 0.1) is 12.0 Å². The van der Waals surface area contributed by atoms with Gasteiger partial charge >= 0.3 is 6.61 Å². The number of nitro benzene ring substituents is 1. The van der Waals surface area contributed by atoms with E-state index in [1.807, 2.05) is 0 Å². The molecule has 0 atom stereocenters. The van der Waals surface area contributed by atoms with Gasteiger partial charge in [0.15, 0.2) is 17.2 Å². The largest absolute Gasteiger partial charge is 0.493 e. The van der Waals surface area contributed by atoms with E-state index in [-0.39, 0.29) is 29.4 Å². The third-order valence-corrected chi connectivity index (χ3v) is 4.53. The number of hydrogen-bond acceptors (Lipinski definition) is 7. The molecule has 3 rings (SSSR count). The molecule has 1 amide bonds. The van der Waals surface area contributed by atoms with Gasteiger partial charge in [-0.25, -0.2) is 4.68 Å². The molecule has 10 nitrogen and oxygen atoms in total. The Morgan fingerprint density at radius 3 is 2.61 bits per heavy atom. The van der Waals surface area contributed by atoms with Crippen molar-refractivity contribution in [3.63, 3.8) is 0 Å². The molecule has 12 heteroatoms. The number of halogens is 2. The first-order chi connectivity index (χ1) is 15.7. The van der Waals surface area contributed by atoms with Crippen LogP contribution in [-0.2, 0) is 6.54 Å². The number of para-hydroxylation sites is 2. The number of rotatable bonds is 8. The van der Waals surface area contributed by atoms with Gasteiger partial charge in [-0.2, -0.15) is 13.9 Å². The van der Waals surface area contributed by atoms with Crippen molar-refractivity contribution in [3.8, 4) is 17.2 Å². The predicted octanol–water partition coefficient (Wildman–Crippen LogP) is 2.99. The van der Waals surface area contributed by atoms with E-state index in [1.54, 1.807) is 6.07 Å². The third-order valence-electron chi connectivity index (χ3n) is 4.53. The zero-order chi connectivity index (χ0) is 24.1. The Kier molecular flexibility index (Phi) is 6.96. The fourth-order valence-corrected chi connectivity index (χ4v) is 3.03. The van der Waals surface area contributed by atoms with Crippen LogP contribution in [0.1, 0.15) is 21.7 Å². The number of alkyl halides is 2. The van der Waals surface area contributed by atoms with Crippen LogP contribution in [0.5, 0.6) is 11.5 Å². The lowest BCUT2D eigenvalue weighted by atomic mass is 10.2. The Morgan fingerprint density at radius 2 is 1.94 bits per heavy atom. The Hall–Kier alpha value is -4.35. The van der Waals surface area contributed by atoms with Crippen molar-refractivity contribution in [2.75, 3.05) is 7.11 Å². The average molecular weight is 460 g/mol. The van der Waals surface area contributed by atoms with Gasteiger partial charge in [-0.15, -0.1) is 0 Å². The highest BCUT2D eigenvalue weighted by atomic mass is 19.3. The molecule has 3 aromatic rings. The van der Waals surface area contributed by atoms with Crippen molar-refractivity contribution >= 4 is 11.6 Å². The topological polar surface area (TPSA) is 126 Å². The smallest absolute Gasteiger partial charge is 0.387 e. The molecular weight excluding hydrogens is 442 g/mol. The number of carbonyl (C=O) groups excluding carboxylic acids is 1. The Morgan fingerprint density at radius 1 is 1.21 bits per heavy atom. The molecule has 0 fully saturated rings. The maximum Gasteiger partial charge on any atom is 0.387 e. The van der Waals surface area contributed by atoms with E-state index in [0.29, 0.717) is 11.3 Å². The number of aromatic nitrogens is 2. The van der Waals surface area contributed by atoms with E-state index in [1.165, 1.54) is 50.4 Å². The van der Waals surface area contributed by atoms with Crippen molar-refractivity contribution in [1.82, 2.24) is 15.1 Å². The van der Waals surface area contributed by atoms with Crippen LogP contribution in [0.25, 0.3) is 5.69 Å². The minimum atomic E-state index is -3.03. The van der Waals surface area contributed by atoms with Gasteiger partial charge in [-0.05, 0) is 30.7 Å². The first kappa shape index (κ1) is 23.3. The minimum Gasteiger partial charge on any atom is -0.493 e. The number of aryl methyl sites for hydroxylation is 1. The summed E-state index contributed by atoms with van der Waals surface area (Å²) in [6, 6.07) is 11.0. The Bertz CT molecular complexity index is 1260. The second kappa shape index (κ2) is 9.85. The minimum absolute atomic E-state index is 0.0363. The number of nitrogens with one attached hydrogen (secondary N) is 1. The summed E-state index contributed by atoms with van der Waals surface area (Å²) in [6.07, 6.45) is 0. The Labute approximate surface area is 185 Å². The lowest BCUT2D eigenvalue weighted by Crippen LogP contribution is -2.31. The lowest BCUT2D eigenvalue weighted by molar-refractivity contribution is -0.384. The van der Waals surface area contributed by atoms with Crippen molar-refractivity contribution in [3.05, 3.63) is 85.8 Å². The fourth-order valence-electron chi connectivity index (χ4n) is 3.03. The Balaban J connectivity index is 1.86. The number of methoxy groups -OCH3 is 1. The number of benzene rings is 2. The number of carbonyl (C=O) groups is 1. The molecule has 0 bridgehead atoms. The number of hydrogen-bond donors (Lipinski definition) is 1. The molecule has 33 heavy (non-hydrogen) atoms. The first-order valence-corrected chi connectivity index (χ1v) is 9.46. The number of nitrogens with zero attached hydrogens (tertiary/aromatic N) is 3. The van der Waals surface area contributed by atoms with Crippen LogP contribution < -0.4 is 20.2 Å². The molecule has 1 N–H and O–H groups in total. The molecule has 0 spiro atoms. The standard InChI is InChI=1S/C21H18F2N4O6/c1-12-9-16(28)19(25-26(12)14-5-3-4-6-15(14)27(30)31)20(29)24-11-13-7-8-17(33-21(22)23)18(10-13)32-2/h3-10,21H,11H2,1-2H3,(H,24,29). The van der Waals surface area contributed by atoms with Gasteiger partial charge in [-0.1, -0.05) is 18.2 Å². The van der Waals surface area contributed by atoms with Crippen molar-refractivity contribution < 1.29 is 28.0 Å². The van der Waals surface area contributed by atoms with E-state index < -0.39 is 28.6 Å². The molecule has 0 aliphatic carbocycles. The molecule has 0 unspecified atom stereocenters. The maximum absolute atomic E-state index is 12.6. The summed E-state index contributed by atoms with van der Waals surface area (Å²) < 4.78 is 35.4. The molecule has 0 saturated heterocycles. The van der Waals surface area contributed by atoms with Crippen LogP contribution in [0, 0.1) is 17.0 Å². The zero-order valence-corrected chi connectivity index (χ0v) is 17.5. The summed E-state index contributed by atoms with van der Waals surface area (Å²) in [4.78, 5) is 35.8. The molecule has 0 saturated carbocycles. The van der Waals surface area contributed by atoms with Crippen LogP contribution in [0.2, 0.25) is 0 Å².